The fraction of sp³-hybridized carbons (Fsp3) is 0.417. The molecular weight excluding hydrogens is 574 g/mol. The predicted octanol–water partition coefficient (Wildman–Crippen LogP) is 8.12. The van der Waals surface area contributed by atoms with Gasteiger partial charge in [0, 0.05) is 12.5 Å². The van der Waals surface area contributed by atoms with Gasteiger partial charge in [0.15, 0.2) is 0 Å². The van der Waals surface area contributed by atoms with Gasteiger partial charge in [-0.25, -0.2) is 4.79 Å². The molecule has 44 heavy (non-hydrogen) atoms. The van der Waals surface area contributed by atoms with Crippen LogP contribution < -0.4 is 10.6 Å². The molecule has 0 saturated carbocycles. The maximum atomic E-state index is 14.8. The van der Waals surface area contributed by atoms with Gasteiger partial charge in [0.25, 0.3) is 5.91 Å². The molecule has 0 aliphatic rings. The number of hydrogen-bond donors (Lipinski definition) is 2. The van der Waals surface area contributed by atoms with Crippen molar-refractivity contribution in [3.8, 4) is 0 Å². The predicted molar refractivity (Wildman–Crippen MR) is 178 cm³/mol. The molecule has 3 aromatic rings. The number of carbonyl (C=O) groups is 3. The SMILES string of the molecule is Cc1cccc(Cl)c1NC(=O)C(c1ccccc1)N(C(=O)C(Cc1ccccc1)NC(=O)OC(C)(C)C)C(C)CCC(C)C. The Morgan fingerprint density at radius 1 is 0.864 bits per heavy atom. The number of para-hydroxylation sites is 1. The van der Waals surface area contributed by atoms with E-state index in [-0.39, 0.29) is 18.4 Å². The number of carbonyl (C=O) groups excluding carboxylic acids is 3. The van der Waals surface area contributed by atoms with E-state index in [0.29, 0.717) is 28.6 Å². The van der Waals surface area contributed by atoms with E-state index in [1.54, 1.807) is 31.7 Å². The number of anilines is 1. The molecule has 0 saturated heterocycles. The Hall–Kier alpha value is -3.84. The Morgan fingerprint density at radius 2 is 1.48 bits per heavy atom. The third kappa shape index (κ3) is 10.1. The lowest BCUT2D eigenvalue weighted by molar-refractivity contribution is -0.143. The highest BCUT2D eigenvalue weighted by Gasteiger charge is 2.39. The second-order valence-corrected chi connectivity index (χ2v) is 13.1. The van der Waals surface area contributed by atoms with E-state index < -0.39 is 29.7 Å². The normalized spacial score (nSPS) is 13.5. The average Bonchev–Trinajstić information content (AvgIpc) is 2.95. The first-order valence-electron chi connectivity index (χ1n) is 15.2. The van der Waals surface area contributed by atoms with Crippen LogP contribution in [0.3, 0.4) is 0 Å². The van der Waals surface area contributed by atoms with Gasteiger partial charge < -0.3 is 20.3 Å². The van der Waals surface area contributed by atoms with Crippen LogP contribution in [0, 0.1) is 12.8 Å². The maximum absolute atomic E-state index is 14.8. The fourth-order valence-corrected chi connectivity index (χ4v) is 5.32. The number of benzene rings is 3. The molecule has 0 aromatic heterocycles. The minimum atomic E-state index is -1.000. The number of amides is 3. The van der Waals surface area contributed by atoms with Crippen LogP contribution in [-0.2, 0) is 20.7 Å². The molecule has 3 aromatic carbocycles. The minimum absolute atomic E-state index is 0.221. The molecular formula is C36H46ClN3O4. The van der Waals surface area contributed by atoms with Crippen molar-refractivity contribution in [2.75, 3.05) is 5.32 Å². The summed E-state index contributed by atoms with van der Waals surface area (Å²) in [5, 5.41) is 6.25. The second-order valence-electron chi connectivity index (χ2n) is 12.7. The van der Waals surface area contributed by atoms with E-state index in [1.807, 2.05) is 86.6 Å². The van der Waals surface area contributed by atoms with E-state index in [2.05, 4.69) is 24.5 Å². The summed E-state index contributed by atoms with van der Waals surface area (Å²) >= 11 is 6.51. The molecule has 3 amide bonds. The number of alkyl carbamates (subject to hydrolysis) is 1. The van der Waals surface area contributed by atoms with Crippen LogP contribution in [0.15, 0.2) is 78.9 Å². The molecule has 8 heteroatoms. The Morgan fingerprint density at radius 3 is 2.05 bits per heavy atom. The van der Waals surface area contributed by atoms with Crippen molar-refractivity contribution < 1.29 is 19.1 Å². The van der Waals surface area contributed by atoms with Crippen molar-refractivity contribution in [3.63, 3.8) is 0 Å². The number of nitrogens with one attached hydrogen (secondary N) is 2. The van der Waals surface area contributed by atoms with Gasteiger partial charge in [-0.2, -0.15) is 0 Å². The molecule has 0 aliphatic heterocycles. The Kier molecular flexibility index (Phi) is 12.4. The van der Waals surface area contributed by atoms with Crippen LogP contribution in [0.5, 0.6) is 0 Å². The van der Waals surface area contributed by atoms with Gasteiger partial charge >= 0.3 is 6.09 Å². The summed E-state index contributed by atoms with van der Waals surface area (Å²) in [6.07, 6.45) is 1.03. The number of hydrogen-bond acceptors (Lipinski definition) is 4. The smallest absolute Gasteiger partial charge is 0.408 e. The van der Waals surface area contributed by atoms with Crippen molar-refractivity contribution in [2.45, 2.75) is 91.5 Å². The number of halogens is 1. The number of rotatable bonds is 12. The lowest BCUT2D eigenvalue weighted by atomic mass is 9.96. The molecule has 2 N–H and O–H groups in total. The summed E-state index contributed by atoms with van der Waals surface area (Å²) < 4.78 is 5.56. The van der Waals surface area contributed by atoms with Gasteiger partial charge in [0.05, 0.1) is 10.7 Å². The van der Waals surface area contributed by atoms with E-state index in [1.165, 1.54) is 0 Å². The Labute approximate surface area is 267 Å². The zero-order valence-corrected chi connectivity index (χ0v) is 27.7. The van der Waals surface area contributed by atoms with Gasteiger partial charge in [-0.1, -0.05) is 98.2 Å². The molecule has 0 fully saturated rings. The standard InChI is InChI=1S/C36H46ClN3O4/c1-24(2)21-22-26(4)40(34(42)30(23-27-16-10-8-11-17-27)38-35(43)44-36(5,6)7)32(28-18-12-9-13-19-28)33(41)39-31-25(3)15-14-20-29(31)37/h8-20,24,26,30,32H,21-23H2,1-7H3,(H,38,43)(H,39,41). The van der Waals surface area contributed by atoms with Crippen molar-refractivity contribution >= 4 is 35.2 Å². The third-order valence-corrected chi connectivity index (χ3v) is 7.59. The molecule has 0 aliphatic carbocycles. The third-order valence-electron chi connectivity index (χ3n) is 7.27. The quantitative estimate of drug-likeness (QED) is 0.214. The molecule has 0 heterocycles. The van der Waals surface area contributed by atoms with Crippen molar-refractivity contribution in [3.05, 3.63) is 101 Å². The molecule has 0 bridgehead atoms. The highest BCUT2D eigenvalue weighted by atomic mass is 35.5. The molecule has 3 rings (SSSR count). The average molecular weight is 620 g/mol. The van der Waals surface area contributed by atoms with E-state index in [4.69, 9.17) is 16.3 Å². The topological polar surface area (TPSA) is 87.7 Å². The van der Waals surface area contributed by atoms with Crippen molar-refractivity contribution in [1.82, 2.24) is 10.2 Å². The molecule has 3 atom stereocenters. The summed E-state index contributed by atoms with van der Waals surface area (Å²) in [5.41, 5.74) is 2.06. The van der Waals surface area contributed by atoms with Crippen LogP contribution >= 0.6 is 11.6 Å². The summed E-state index contributed by atoms with van der Waals surface area (Å²) in [4.78, 5) is 43.8. The minimum Gasteiger partial charge on any atom is -0.444 e. The van der Waals surface area contributed by atoms with E-state index in [0.717, 1.165) is 17.5 Å². The lowest BCUT2D eigenvalue weighted by Gasteiger charge is -2.39. The zero-order valence-electron chi connectivity index (χ0n) is 26.9. The van der Waals surface area contributed by atoms with Crippen LogP contribution in [0.2, 0.25) is 5.02 Å². The molecule has 0 radical (unpaired) electrons. The summed E-state index contributed by atoms with van der Waals surface area (Å²) in [5.74, 6) is -0.382. The first kappa shape index (κ1) is 34.6. The summed E-state index contributed by atoms with van der Waals surface area (Å²) in [7, 11) is 0. The number of ether oxygens (including phenoxy) is 1. The second kappa shape index (κ2) is 15.8. The Balaban J connectivity index is 2.12. The summed E-state index contributed by atoms with van der Waals surface area (Å²) in [6.45, 7) is 13.4. The molecule has 3 unspecified atom stereocenters. The first-order valence-corrected chi connectivity index (χ1v) is 15.6. The number of nitrogens with zero attached hydrogens (tertiary/aromatic N) is 1. The maximum Gasteiger partial charge on any atom is 0.408 e. The summed E-state index contributed by atoms with van der Waals surface area (Å²) in [6, 6.07) is 21.8. The Bertz CT molecular complexity index is 1370. The van der Waals surface area contributed by atoms with Gasteiger partial charge in [0.2, 0.25) is 5.91 Å². The van der Waals surface area contributed by atoms with Gasteiger partial charge in [0.1, 0.15) is 17.7 Å². The van der Waals surface area contributed by atoms with Crippen LogP contribution in [0.4, 0.5) is 10.5 Å². The lowest BCUT2D eigenvalue weighted by Crippen LogP contribution is -2.55. The molecule has 236 valence electrons. The van der Waals surface area contributed by atoms with Crippen molar-refractivity contribution in [1.29, 1.82) is 0 Å². The van der Waals surface area contributed by atoms with E-state index in [9.17, 15) is 14.4 Å². The van der Waals surface area contributed by atoms with E-state index >= 15 is 0 Å². The fourth-order valence-electron chi connectivity index (χ4n) is 5.05. The molecule has 7 nitrogen and oxygen atoms in total. The number of aryl methyl sites for hydroxylation is 1. The first-order chi connectivity index (χ1) is 20.8. The zero-order chi connectivity index (χ0) is 32.4. The van der Waals surface area contributed by atoms with Crippen LogP contribution in [0.25, 0.3) is 0 Å². The highest BCUT2D eigenvalue weighted by Crippen LogP contribution is 2.31. The van der Waals surface area contributed by atoms with Crippen LogP contribution in [0.1, 0.15) is 77.1 Å². The van der Waals surface area contributed by atoms with Crippen molar-refractivity contribution in [2.24, 2.45) is 5.92 Å². The van der Waals surface area contributed by atoms with Gasteiger partial charge in [-0.05, 0) is 76.1 Å². The monoisotopic (exact) mass is 619 g/mol. The van der Waals surface area contributed by atoms with Gasteiger partial charge in [-0.15, -0.1) is 0 Å². The highest BCUT2D eigenvalue weighted by molar-refractivity contribution is 6.34. The molecule has 0 spiro atoms. The van der Waals surface area contributed by atoms with Gasteiger partial charge in [-0.3, -0.25) is 9.59 Å². The van der Waals surface area contributed by atoms with Crippen LogP contribution in [-0.4, -0.2) is 40.5 Å². The largest absolute Gasteiger partial charge is 0.444 e.